The number of benzene rings is 3. The van der Waals surface area contributed by atoms with Crippen molar-refractivity contribution in [1.82, 2.24) is 26.0 Å². The fourth-order valence-corrected chi connectivity index (χ4v) is 2.65. The Morgan fingerprint density at radius 1 is 1.04 bits per heavy atom. The predicted octanol–water partition coefficient (Wildman–Crippen LogP) is 2.27. The Kier molecular flexibility index (Phi) is 3.43. The number of nitrogens with zero attached hydrogens (tertiary/aromatic N) is 4. The normalized spacial score (nSPS) is 11.3. The zero-order valence-electron chi connectivity index (χ0n) is 12.5. The van der Waals surface area contributed by atoms with Crippen molar-refractivity contribution in [3.63, 3.8) is 0 Å². The van der Waals surface area contributed by atoms with Crippen LogP contribution in [0.4, 0.5) is 0 Å². The number of tetrazole rings is 1. The summed E-state index contributed by atoms with van der Waals surface area (Å²) in [5.74, 6) is -0.584. The number of carbonyl (C=O) groups excluding carboxylic acids is 1. The quantitative estimate of drug-likeness (QED) is 0.344. The third-order valence-corrected chi connectivity index (χ3v) is 3.72. The first kappa shape index (κ1) is 14.0. The second-order valence-corrected chi connectivity index (χ2v) is 5.17. The molecule has 3 aromatic carbocycles. The van der Waals surface area contributed by atoms with Crippen molar-refractivity contribution in [2.24, 2.45) is 5.10 Å². The lowest BCUT2D eigenvalue weighted by Crippen LogP contribution is -2.19. The van der Waals surface area contributed by atoms with Gasteiger partial charge < -0.3 is 0 Å². The Hall–Kier alpha value is -3.61. The summed E-state index contributed by atoms with van der Waals surface area (Å²) in [4.78, 5) is 11.8. The lowest BCUT2D eigenvalue weighted by atomic mass is 9.97. The Bertz CT molecular complexity index is 1000. The van der Waals surface area contributed by atoms with Gasteiger partial charge >= 0.3 is 5.91 Å². The van der Waals surface area contributed by atoms with Crippen LogP contribution in [0.1, 0.15) is 16.2 Å². The molecule has 7 nitrogen and oxygen atoms in total. The summed E-state index contributed by atoms with van der Waals surface area (Å²) < 4.78 is 0. The molecule has 0 bridgehead atoms. The van der Waals surface area contributed by atoms with Crippen molar-refractivity contribution in [1.29, 1.82) is 0 Å². The summed E-state index contributed by atoms with van der Waals surface area (Å²) in [6.45, 7) is 0. The number of nitrogens with one attached hydrogen (secondary N) is 2. The average Bonchev–Trinajstić information content (AvgIpc) is 3.16. The minimum Gasteiger partial charge on any atom is -0.264 e. The van der Waals surface area contributed by atoms with Gasteiger partial charge in [0.05, 0.1) is 6.21 Å². The van der Waals surface area contributed by atoms with Gasteiger partial charge in [-0.2, -0.15) is 10.3 Å². The predicted molar refractivity (Wildman–Crippen MR) is 90.7 cm³/mol. The number of hydrazone groups is 1. The smallest absolute Gasteiger partial charge is 0.264 e. The van der Waals surface area contributed by atoms with Crippen LogP contribution in [0.2, 0.25) is 0 Å². The Morgan fingerprint density at radius 2 is 1.71 bits per heavy atom. The van der Waals surface area contributed by atoms with Crippen LogP contribution in [-0.2, 0) is 0 Å². The topological polar surface area (TPSA) is 95.9 Å². The fraction of sp³-hybridized carbons (Fsp3) is 0. The van der Waals surface area contributed by atoms with Gasteiger partial charge in [-0.1, -0.05) is 48.5 Å². The molecule has 0 spiro atoms. The number of amides is 1. The fourth-order valence-electron chi connectivity index (χ4n) is 2.65. The molecule has 1 heterocycles. The minimum absolute atomic E-state index is 0.0603. The van der Waals surface area contributed by atoms with Crippen LogP contribution in [-0.4, -0.2) is 32.7 Å². The molecule has 0 radical (unpaired) electrons. The number of carbonyl (C=O) groups is 1. The molecule has 116 valence electrons. The molecular formula is C17H12N6O. The van der Waals surface area contributed by atoms with Crippen molar-refractivity contribution in [2.75, 3.05) is 0 Å². The maximum absolute atomic E-state index is 11.8. The van der Waals surface area contributed by atoms with Crippen molar-refractivity contribution in [2.45, 2.75) is 0 Å². The van der Waals surface area contributed by atoms with Crippen LogP contribution < -0.4 is 5.43 Å². The van der Waals surface area contributed by atoms with E-state index in [0.29, 0.717) is 0 Å². The van der Waals surface area contributed by atoms with Gasteiger partial charge in [-0.05, 0) is 32.8 Å². The van der Waals surface area contributed by atoms with Gasteiger partial charge in [0.15, 0.2) is 0 Å². The standard InChI is InChI=1S/C17H12N6O/c24-17(16-19-22-23-20-16)21-18-10-15-13-7-3-1-5-11(13)9-12-6-2-4-8-14(12)15/h1-10H,(H,21,24)(H,19,20,22,23)/b18-10-. The first-order chi connectivity index (χ1) is 11.8. The summed E-state index contributed by atoms with van der Waals surface area (Å²) in [5, 5.41) is 21.2. The average molecular weight is 316 g/mol. The molecule has 0 aliphatic carbocycles. The van der Waals surface area contributed by atoms with Crippen LogP contribution in [0.25, 0.3) is 21.5 Å². The van der Waals surface area contributed by atoms with E-state index in [-0.39, 0.29) is 5.82 Å². The summed E-state index contributed by atoms with van der Waals surface area (Å²) in [6.07, 6.45) is 1.64. The summed E-state index contributed by atoms with van der Waals surface area (Å²) in [7, 11) is 0. The van der Waals surface area contributed by atoms with E-state index in [4.69, 9.17) is 0 Å². The first-order valence-corrected chi connectivity index (χ1v) is 7.30. The van der Waals surface area contributed by atoms with E-state index in [2.05, 4.69) is 49.4 Å². The van der Waals surface area contributed by atoms with Crippen LogP contribution >= 0.6 is 0 Å². The van der Waals surface area contributed by atoms with Gasteiger partial charge in [-0.25, -0.2) is 5.43 Å². The van der Waals surface area contributed by atoms with E-state index >= 15 is 0 Å². The molecule has 2 N–H and O–H groups in total. The highest BCUT2D eigenvalue weighted by molar-refractivity contribution is 6.13. The van der Waals surface area contributed by atoms with Crippen molar-refractivity contribution < 1.29 is 4.79 Å². The number of hydrogen-bond donors (Lipinski definition) is 2. The molecule has 7 heteroatoms. The van der Waals surface area contributed by atoms with Crippen LogP contribution in [0, 0.1) is 0 Å². The van der Waals surface area contributed by atoms with Gasteiger partial charge in [0, 0.05) is 5.56 Å². The molecule has 0 saturated carbocycles. The SMILES string of the molecule is O=C(N/N=C\c1c2ccccc2cc2ccccc12)c1nn[nH]n1. The molecule has 24 heavy (non-hydrogen) atoms. The second-order valence-electron chi connectivity index (χ2n) is 5.17. The number of rotatable bonds is 3. The maximum Gasteiger partial charge on any atom is 0.312 e. The van der Waals surface area contributed by atoms with Crippen LogP contribution in [0.5, 0.6) is 0 Å². The molecule has 1 aromatic heterocycles. The van der Waals surface area contributed by atoms with E-state index < -0.39 is 5.91 Å². The number of aromatic amines is 1. The zero-order chi connectivity index (χ0) is 16.4. The molecule has 0 unspecified atom stereocenters. The van der Waals surface area contributed by atoms with E-state index in [1.165, 1.54) is 0 Å². The molecule has 0 atom stereocenters. The van der Waals surface area contributed by atoms with Gasteiger partial charge in [-0.15, -0.1) is 10.2 Å². The lowest BCUT2D eigenvalue weighted by molar-refractivity contribution is 0.0945. The highest BCUT2D eigenvalue weighted by Crippen LogP contribution is 2.27. The van der Waals surface area contributed by atoms with Gasteiger partial charge in [-0.3, -0.25) is 4.79 Å². The minimum atomic E-state index is -0.524. The third-order valence-electron chi connectivity index (χ3n) is 3.72. The highest BCUT2D eigenvalue weighted by atomic mass is 16.2. The lowest BCUT2D eigenvalue weighted by Gasteiger charge is -2.07. The van der Waals surface area contributed by atoms with Gasteiger partial charge in [0.1, 0.15) is 0 Å². The largest absolute Gasteiger partial charge is 0.312 e. The van der Waals surface area contributed by atoms with E-state index in [0.717, 1.165) is 27.1 Å². The Morgan fingerprint density at radius 3 is 2.33 bits per heavy atom. The molecule has 0 fully saturated rings. The first-order valence-electron chi connectivity index (χ1n) is 7.30. The number of fused-ring (bicyclic) bond motifs is 2. The number of H-pyrrole nitrogens is 1. The highest BCUT2D eigenvalue weighted by Gasteiger charge is 2.09. The number of aromatic nitrogens is 4. The Balaban J connectivity index is 1.76. The molecule has 4 rings (SSSR count). The molecule has 0 aliphatic heterocycles. The molecule has 0 aliphatic rings. The Labute approximate surface area is 136 Å². The molecule has 0 saturated heterocycles. The monoisotopic (exact) mass is 316 g/mol. The second kappa shape index (κ2) is 5.88. The summed E-state index contributed by atoms with van der Waals surface area (Å²) in [6, 6.07) is 18.3. The number of hydrogen-bond acceptors (Lipinski definition) is 5. The van der Waals surface area contributed by atoms with Crippen LogP contribution in [0.15, 0.2) is 59.7 Å². The van der Waals surface area contributed by atoms with Crippen molar-refractivity contribution in [3.8, 4) is 0 Å². The molecule has 1 amide bonds. The third kappa shape index (κ3) is 2.48. The van der Waals surface area contributed by atoms with E-state index in [9.17, 15) is 4.79 Å². The molecular weight excluding hydrogens is 304 g/mol. The summed E-state index contributed by atoms with van der Waals surface area (Å²) >= 11 is 0. The zero-order valence-corrected chi connectivity index (χ0v) is 12.5. The van der Waals surface area contributed by atoms with Crippen LogP contribution in [0.3, 0.4) is 0 Å². The summed E-state index contributed by atoms with van der Waals surface area (Å²) in [5.41, 5.74) is 3.35. The van der Waals surface area contributed by atoms with Gasteiger partial charge in [0.2, 0.25) is 0 Å². The van der Waals surface area contributed by atoms with E-state index in [1.54, 1.807) is 6.21 Å². The van der Waals surface area contributed by atoms with Crippen molar-refractivity contribution in [3.05, 3.63) is 66.0 Å². The van der Waals surface area contributed by atoms with E-state index in [1.807, 2.05) is 36.4 Å². The molecule has 4 aromatic rings. The van der Waals surface area contributed by atoms with Crippen molar-refractivity contribution >= 4 is 33.7 Å². The van der Waals surface area contributed by atoms with Gasteiger partial charge in [0.25, 0.3) is 5.82 Å². The maximum atomic E-state index is 11.8.